The van der Waals surface area contributed by atoms with Gasteiger partial charge >= 0.3 is 0 Å². The molecule has 2 saturated carbocycles. The molecule has 2 aromatic rings. The van der Waals surface area contributed by atoms with Gasteiger partial charge in [0.05, 0.1) is 12.1 Å². The Morgan fingerprint density at radius 3 is 2.59 bits per heavy atom. The maximum atomic E-state index is 13.1. The molecule has 5 rings (SSSR count). The van der Waals surface area contributed by atoms with E-state index in [1.807, 2.05) is 6.07 Å². The summed E-state index contributed by atoms with van der Waals surface area (Å²) in [4.78, 5) is 26.8. The fraction of sp³-hybridized carbons (Fsp3) is 0.615. The van der Waals surface area contributed by atoms with Crippen LogP contribution in [0, 0.1) is 11.8 Å². The molecule has 1 unspecified atom stereocenters. The second-order valence-electron chi connectivity index (χ2n) is 10.0. The number of hydrogen-bond donors (Lipinski definition) is 1. The molecule has 3 aliphatic rings. The second-order valence-corrected chi connectivity index (χ2v) is 10.8. The van der Waals surface area contributed by atoms with Crippen LogP contribution in [0.2, 0.25) is 0 Å². The van der Waals surface area contributed by atoms with Crippen molar-refractivity contribution in [3.8, 4) is 0 Å². The van der Waals surface area contributed by atoms with Crippen LogP contribution in [-0.4, -0.2) is 46.6 Å². The summed E-state index contributed by atoms with van der Waals surface area (Å²) in [7, 11) is 1.72. The lowest BCUT2D eigenvalue weighted by atomic mass is 9.72. The standard InChI is InChI=1S/C26H35N3O2S/c1-28(16-25(30)27-20-10-11-20)26(31)19-9-13-24-22(15-19)21-14-18(17-6-4-3-5-7-17)8-12-23(21)29(24)32-2/h9,13,15,17-18,20H,3-8,10-12,14,16H2,1-2H3,(H,27,30). The van der Waals surface area contributed by atoms with Crippen LogP contribution < -0.4 is 5.32 Å². The number of benzene rings is 1. The Morgan fingerprint density at radius 1 is 1.09 bits per heavy atom. The van der Waals surface area contributed by atoms with Gasteiger partial charge in [0.2, 0.25) is 5.91 Å². The molecule has 2 amide bonds. The number of aromatic nitrogens is 1. The minimum absolute atomic E-state index is 0.0642. The zero-order chi connectivity index (χ0) is 22.2. The molecule has 0 bridgehead atoms. The Labute approximate surface area is 195 Å². The third kappa shape index (κ3) is 4.30. The first kappa shape index (κ1) is 21.9. The van der Waals surface area contributed by atoms with Gasteiger partial charge in [0.25, 0.3) is 5.91 Å². The van der Waals surface area contributed by atoms with Crippen molar-refractivity contribution in [3.63, 3.8) is 0 Å². The van der Waals surface area contributed by atoms with Crippen molar-refractivity contribution in [3.05, 3.63) is 35.0 Å². The van der Waals surface area contributed by atoms with Crippen LogP contribution in [0.3, 0.4) is 0 Å². The number of rotatable bonds is 6. The average molecular weight is 454 g/mol. The molecular formula is C26H35N3O2S. The fourth-order valence-corrected chi connectivity index (χ4v) is 6.68. The summed E-state index contributed by atoms with van der Waals surface area (Å²) in [5.74, 6) is 1.50. The predicted octanol–water partition coefficient (Wildman–Crippen LogP) is 4.80. The van der Waals surface area contributed by atoms with Crippen LogP contribution in [0.1, 0.15) is 73.0 Å². The SMILES string of the molecule is CSn1c2c(c3cc(C(=O)N(C)CC(=O)NC4CC4)ccc31)CC(C1CCCCC1)CC2. The highest BCUT2D eigenvalue weighted by molar-refractivity contribution is 7.97. The predicted molar refractivity (Wildman–Crippen MR) is 131 cm³/mol. The van der Waals surface area contributed by atoms with Gasteiger partial charge in [0.15, 0.2) is 0 Å². The lowest BCUT2D eigenvalue weighted by Gasteiger charge is -2.33. The maximum Gasteiger partial charge on any atom is 0.254 e. The minimum Gasteiger partial charge on any atom is -0.352 e. The van der Waals surface area contributed by atoms with Crippen molar-refractivity contribution in [1.82, 2.24) is 14.2 Å². The van der Waals surface area contributed by atoms with Crippen LogP contribution in [0.4, 0.5) is 0 Å². The van der Waals surface area contributed by atoms with Gasteiger partial charge < -0.3 is 10.2 Å². The normalized spacial score (nSPS) is 21.4. The first-order chi connectivity index (χ1) is 15.5. The molecule has 2 fully saturated rings. The highest BCUT2D eigenvalue weighted by Crippen LogP contribution is 2.42. The number of nitrogens with one attached hydrogen (secondary N) is 1. The summed E-state index contributed by atoms with van der Waals surface area (Å²) in [6.45, 7) is 0.112. The first-order valence-electron chi connectivity index (χ1n) is 12.3. The Balaban J connectivity index is 1.40. The first-order valence-corrected chi connectivity index (χ1v) is 13.5. The number of fused-ring (bicyclic) bond motifs is 3. The molecule has 5 nitrogen and oxygen atoms in total. The van der Waals surface area contributed by atoms with E-state index in [4.69, 9.17) is 0 Å². The van der Waals surface area contributed by atoms with Crippen LogP contribution in [0.5, 0.6) is 0 Å². The van der Waals surface area contributed by atoms with Gasteiger partial charge in [0, 0.05) is 36.0 Å². The molecule has 0 saturated heterocycles. The Kier molecular flexibility index (Phi) is 6.24. The van der Waals surface area contributed by atoms with E-state index in [2.05, 4.69) is 27.7 Å². The summed E-state index contributed by atoms with van der Waals surface area (Å²) in [6, 6.07) is 6.43. The van der Waals surface area contributed by atoms with Crippen molar-refractivity contribution < 1.29 is 9.59 Å². The van der Waals surface area contributed by atoms with Crippen molar-refractivity contribution in [2.45, 2.75) is 70.3 Å². The number of amides is 2. The molecule has 1 heterocycles. The second kappa shape index (κ2) is 9.12. The highest BCUT2D eigenvalue weighted by Gasteiger charge is 2.31. The van der Waals surface area contributed by atoms with Gasteiger partial charge in [0.1, 0.15) is 0 Å². The molecule has 0 aliphatic heterocycles. The van der Waals surface area contributed by atoms with Gasteiger partial charge in [-0.15, -0.1) is 0 Å². The van der Waals surface area contributed by atoms with Crippen LogP contribution in [-0.2, 0) is 17.6 Å². The Bertz CT molecular complexity index is 1020. The molecule has 0 radical (unpaired) electrons. The van der Waals surface area contributed by atoms with Gasteiger partial charge in [-0.3, -0.25) is 13.6 Å². The smallest absolute Gasteiger partial charge is 0.254 e. The van der Waals surface area contributed by atoms with E-state index in [0.29, 0.717) is 11.6 Å². The molecular weight excluding hydrogens is 418 g/mol. The molecule has 1 atom stereocenters. The number of hydrogen-bond acceptors (Lipinski definition) is 3. The average Bonchev–Trinajstić information content (AvgIpc) is 3.57. The largest absolute Gasteiger partial charge is 0.352 e. The van der Waals surface area contributed by atoms with Crippen LogP contribution >= 0.6 is 11.9 Å². The summed E-state index contributed by atoms with van der Waals surface area (Å²) in [5.41, 5.74) is 4.80. The molecule has 1 N–H and O–H groups in total. The van der Waals surface area contributed by atoms with Crippen LogP contribution in [0.15, 0.2) is 18.2 Å². The molecule has 32 heavy (non-hydrogen) atoms. The number of carbonyl (C=O) groups is 2. The number of likely N-dealkylation sites (N-methyl/N-ethyl adjacent to an activating group) is 1. The lowest BCUT2D eigenvalue weighted by Crippen LogP contribution is -2.39. The Hall–Kier alpha value is -1.95. The minimum atomic E-state index is -0.0804. The van der Waals surface area contributed by atoms with Gasteiger partial charge in [-0.25, -0.2) is 0 Å². The van der Waals surface area contributed by atoms with Crippen molar-refractivity contribution in [2.75, 3.05) is 19.8 Å². The number of nitrogens with zero attached hydrogens (tertiary/aromatic N) is 2. The van der Waals surface area contributed by atoms with Crippen molar-refractivity contribution >= 4 is 34.7 Å². The zero-order valence-corrected chi connectivity index (χ0v) is 20.2. The van der Waals surface area contributed by atoms with Gasteiger partial charge in [-0.05, 0) is 79.7 Å². The molecule has 1 aromatic carbocycles. The van der Waals surface area contributed by atoms with E-state index >= 15 is 0 Å². The van der Waals surface area contributed by atoms with E-state index in [1.165, 1.54) is 60.7 Å². The van der Waals surface area contributed by atoms with E-state index in [9.17, 15) is 9.59 Å². The summed E-state index contributed by atoms with van der Waals surface area (Å²) < 4.78 is 2.38. The molecule has 0 spiro atoms. The van der Waals surface area contributed by atoms with E-state index in [1.54, 1.807) is 23.9 Å². The fourth-order valence-electron chi connectivity index (χ4n) is 5.90. The third-order valence-electron chi connectivity index (χ3n) is 7.77. The molecule has 3 aliphatic carbocycles. The number of carbonyl (C=O) groups excluding carboxylic acids is 2. The topological polar surface area (TPSA) is 54.3 Å². The summed E-state index contributed by atoms with van der Waals surface area (Å²) >= 11 is 1.77. The zero-order valence-electron chi connectivity index (χ0n) is 19.4. The highest BCUT2D eigenvalue weighted by atomic mass is 32.2. The molecule has 1 aromatic heterocycles. The van der Waals surface area contributed by atoms with Crippen molar-refractivity contribution in [1.29, 1.82) is 0 Å². The van der Waals surface area contributed by atoms with E-state index < -0.39 is 0 Å². The van der Waals surface area contributed by atoms with Gasteiger partial charge in [-0.2, -0.15) is 0 Å². The van der Waals surface area contributed by atoms with E-state index in [0.717, 1.165) is 37.5 Å². The van der Waals surface area contributed by atoms with Crippen molar-refractivity contribution in [2.24, 2.45) is 11.8 Å². The monoisotopic (exact) mass is 453 g/mol. The molecule has 172 valence electrons. The molecule has 6 heteroatoms. The van der Waals surface area contributed by atoms with E-state index in [-0.39, 0.29) is 18.4 Å². The quantitative estimate of drug-likeness (QED) is 0.683. The maximum absolute atomic E-state index is 13.1. The third-order valence-corrected chi connectivity index (χ3v) is 8.55. The summed E-state index contributed by atoms with van der Waals surface area (Å²) in [5, 5.41) is 4.20. The Morgan fingerprint density at radius 2 is 1.88 bits per heavy atom. The van der Waals surface area contributed by atoms with Crippen LogP contribution in [0.25, 0.3) is 10.9 Å². The lowest BCUT2D eigenvalue weighted by molar-refractivity contribution is -0.121. The summed E-state index contributed by atoms with van der Waals surface area (Å²) in [6.07, 6.45) is 14.8. The van der Waals surface area contributed by atoms with Gasteiger partial charge in [-0.1, -0.05) is 32.1 Å².